The molecule has 0 aliphatic rings. The fourth-order valence-electron chi connectivity index (χ4n) is 0.292. The Labute approximate surface area is 62.9 Å². The molecule has 0 radical (unpaired) electrons. The van der Waals surface area contributed by atoms with Crippen molar-refractivity contribution < 1.29 is 18.3 Å². The zero-order chi connectivity index (χ0) is 8.20. The molecule has 6 heteroatoms. The molecule has 0 aromatic rings. The molecule has 0 aromatic carbocycles. The molecule has 0 aliphatic heterocycles. The van der Waals surface area contributed by atoms with Gasteiger partial charge in [-0.25, -0.2) is 8.42 Å². The molecule has 0 aromatic heterocycles. The molecule has 0 fully saturated rings. The number of hydrogen-bond acceptors (Lipinski definition) is 5. The molecule has 0 saturated carbocycles. The van der Waals surface area contributed by atoms with Crippen molar-refractivity contribution in [2.75, 3.05) is 12.0 Å². The van der Waals surface area contributed by atoms with Gasteiger partial charge >= 0.3 is 0 Å². The molecule has 0 atom stereocenters. The maximum atomic E-state index is 10.6. The molecule has 0 spiro atoms. The first-order chi connectivity index (χ1) is 4.48. The lowest BCUT2D eigenvalue weighted by atomic mass is 10.5. The van der Waals surface area contributed by atoms with Crippen LogP contribution in [0.3, 0.4) is 0 Å². The normalized spacial score (nSPS) is 11.3. The summed E-state index contributed by atoms with van der Waals surface area (Å²) in [6, 6.07) is 0. The minimum Gasteiger partial charge on any atom is -0.550 e. The van der Waals surface area contributed by atoms with Gasteiger partial charge in [0.2, 0.25) is 8.87 Å². The van der Waals surface area contributed by atoms with Crippen LogP contribution in [0.2, 0.25) is 0 Å². The lowest BCUT2D eigenvalue weighted by Crippen LogP contribution is -2.24. The van der Waals surface area contributed by atoms with Crippen LogP contribution in [-0.4, -0.2) is 26.4 Å². The molecular formula is C4H7O4S2-. The Balaban J connectivity index is 3.81. The van der Waals surface area contributed by atoms with Gasteiger partial charge in [0, 0.05) is 12.4 Å². The van der Waals surface area contributed by atoms with E-state index in [9.17, 15) is 18.3 Å². The van der Waals surface area contributed by atoms with Crippen molar-refractivity contribution in [2.24, 2.45) is 0 Å². The van der Waals surface area contributed by atoms with Crippen molar-refractivity contribution in [3.8, 4) is 0 Å². The molecule has 0 rings (SSSR count). The second-order valence-corrected chi connectivity index (χ2v) is 5.93. The van der Waals surface area contributed by atoms with Crippen LogP contribution in [0, 0.1) is 0 Å². The number of carboxylic acids is 1. The van der Waals surface area contributed by atoms with Gasteiger partial charge in [-0.1, -0.05) is 0 Å². The molecule has 0 N–H and O–H groups in total. The summed E-state index contributed by atoms with van der Waals surface area (Å²) < 4.78 is 21.2. The van der Waals surface area contributed by atoms with Crippen molar-refractivity contribution in [3.63, 3.8) is 0 Å². The Morgan fingerprint density at radius 3 is 2.40 bits per heavy atom. The Morgan fingerprint density at radius 1 is 1.60 bits per heavy atom. The third-order valence-corrected chi connectivity index (χ3v) is 4.05. The molecule has 0 heterocycles. The van der Waals surface area contributed by atoms with E-state index in [1.165, 1.54) is 6.26 Å². The predicted octanol–water partition coefficient (Wildman–Crippen LogP) is -1.18. The van der Waals surface area contributed by atoms with Gasteiger partial charge < -0.3 is 9.90 Å². The second kappa shape index (κ2) is 3.82. The summed E-state index contributed by atoms with van der Waals surface area (Å²) in [5.41, 5.74) is 0. The number of carbonyl (C=O) groups is 1. The van der Waals surface area contributed by atoms with E-state index in [-0.39, 0.29) is 5.75 Å². The highest BCUT2D eigenvalue weighted by molar-refractivity contribution is 8.71. The van der Waals surface area contributed by atoms with E-state index in [1.54, 1.807) is 0 Å². The van der Waals surface area contributed by atoms with Crippen LogP contribution in [0.4, 0.5) is 0 Å². The zero-order valence-corrected chi connectivity index (χ0v) is 7.00. The van der Waals surface area contributed by atoms with Crippen LogP contribution in [0.15, 0.2) is 0 Å². The van der Waals surface area contributed by atoms with Crippen LogP contribution in [0.5, 0.6) is 0 Å². The number of rotatable bonds is 4. The van der Waals surface area contributed by atoms with Crippen molar-refractivity contribution in [1.82, 2.24) is 0 Å². The lowest BCUT2D eigenvalue weighted by molar-refractivity contribution is -0.305. The van der Waals surface area contributed by atoms with Gasteiger partial charge in [0.05, 0.1) is 5.75 Å². The highest BCUT2D eigenvalue weighted by atomic mass is 33.1. The number of carbonyl (C=O) groups excluding carboxylic acids is 1. The fourth-order valence-corrected chi connectivity index (χ4v) is 1.62. The van der Waals surface area contributed by atoms with Crippen molar-refractivity contribution >= 4 is 25.6 Å². The third kappa shape index (κ3) is 4.63. The summed E-state index contributed by atoms with van der Waals surface area (Å²) in [7, 11) is -2.57. The van der Waals surface area contributed by atoms with Gasteiger partial charge in [-0.2, -0.15) is 0 Å². The standard InChI is InChI=1S/C4H8O4S2/c1-9-10(7,8)3-2-4(5)6/h2-3H2,1H3,(H,5,6)/p-1. The van der Waals surface area contributed by atoms with Gasteiger partial charge in [0.1, 0.15) is 0 Å². The number of aliphatic carboxylic acids is 1. The highest BCUT2D eigenvalue weighted by Crippen LogP contribution is 2.08. The van der Waals surface area contributed by atoms with Gasteiger partial charge in [-0.3, -0.25) is 0 Å². The predicted molar refractivity (Wildman–Crippen MR) is 36.9 cm³/mol. The minimum absolute atomic E-state index is 0.351. The van der Waals surface area contributed by atoms with Gasteiger partial charge in [0.15, 0.2) is 0 Å². The van der Waals surface area contributed by atoms with Crippen LogP contribution in [0.1, 0.15) is 6.42 Å². The fraction of sp³-hybridized carbons (Fsp3) is 0.750. The monoisotopic (exact) mass is 183 g/mol. The smallest absolute Gasteiger partial charge is 0.201 e. The van der Waals surface area contributed by atoms with E-state index >= 15 is 0 Å². The summed E-state index contributed by atoms with van der Waals surface area (Å²) in [5, 5.41) is 9.78. The van der Waals surface area contributed by atoms with Crippen LogP contribution < -0.4 is 5.11 Å². The van der Waals surface area contributed by atoms with Gasteiger partial charge in [-0.15, -0.1) is 0 Å². The molecule has 0 bridgehead atoms. The van der Waals surface area contributed by atoms with Crippen LogP contribution in [0.25, 0.3) is 0 Å². The Hall–Kier alpha value is -0.230. The average Bonchev–Trinajstić information content (AvgIpc) is 1.85. The van der Waals surface area contributed by atoms with E-state index in [0.29, 0.717) is 10.8 Å². The SMILES string of the molecule is CSS(=O)(=O)CCC(=O)[O-]. The maximum Gasteiger partial charge on any atom is 0.201 e. The summed E-state index contributed by atoms with van der Waals surface area (Å²) in [5.74, 6) is -1.69. The summed E-state index contributed by atoms with van der Waals surface area (Å²) in [6.45, 7) is 0. The molecule has 0 saturated heterocycles. The van der Waals surface area contributed by atoms with E-state index in [2.05, 4.69) is 0 Å². The largest absolute Gasteiger partial charge is 0.550 e. The van der Waals surface area contributed by atoms with Crippen molar-refractivity contribution in [3.05, 3.63) is 0 Å². The molecule has 0 unspecified atom stereocenters. The average molecular weight is 183 g/mol. The summed E-state index contributed by atoms with van der Waals surface area (Å²) in [6.07, 6.45) is 0.966. The molecular weight excluding hydrogens is 176 g/mol. The van der Waals surface area contributed by atoms with E-state index < -0.39 is 21.3 Å². The van der Waals surface area contributed by atoms with Gasteiger partial charge in [0.25, 0.3) is 0 Å². The topological polar surface area (TPSA) is 74.3 Å². The summed E-state index contributed by atoms with van der Waals surface area (Å²) in [4.78, 5) is 9.78. The third-order valence-electron chi connectivity index (χ3n) is 0.810. The van der Waals surface area contributed by atoms with Crippen molar-refractivity contribution in [2.45, 2.75) is 6.42 Å². The van der Waals surface area contributed by atoms with Gasteiger partial charge in [-0.05, 0) is 17.0 Å². The van der Waals surface area contributed by atoms with E-state index in [4.69, 9.17) is 0 Å². The minimum atomic E-state index is -3.22. The molecule has 4 nitrogen and oxygen atoms in total. The Bertz CT molecular complexity index is 205. The molecule has 60 valence electrons. The number of carboxylic acid groups (broad SMARTS) is 1. The van der Waals surface area contributed by atoms with Crippen LogP contribution in [-0.2, 0) is 13.7 Å². The first-order valence-electron chi connectivity index (χ1n) is 2.46. The molecule has 10 heavy (non-hydrogen) atoms. The second-order valence-electron chi connectivity index (χ2n) is 1.55. The maximum absolute atomic E-state index is 10.6. The lowest BCUT2D eigenvalue weighted by Gasteiger charge is -1.99. The first-order valence-corrected chi connectivity index (χ1v) is 5.85. The van der Waals surface area contributed by atoms with E-state index in [0.717, 1.165) is 0 Å². The Kier molecular flexibility index (Phi) is 3.73. The van der Waals surface area contributed by atoms with E-state index in [1.807, 2.05) is 0 Å². The van der Waals surface area contributed by atoms with Crippen LogP contribution >= 0.6 is 10.8 Å². The van der Waals surface area contributed by atoms with Crippen molar-refractivity contribution in [1.29, 1.82) is 0 Å². The first kappa shape index (κ1) is 9.77. The molecule has 0 aliphatic carbocycles. The Morgan fingerprint density at radius 2 is 2.10 bits per heavy atom. The highest BCUT2D eigenvalue weighted by Gasteiger charge is 2.06. The molecule has 0 amide bonds. The summed E-state index contributed by atoms with van der Waals surface area (Å²) >= 11 is 0. The zero-order valence-electron chi connectivity index (χ0n) is 5.36. The quantitative estimate of drug-likeness (QED) is 0.513. The number of hydrogen-bond donors (Lipinski definition) is 0.